The Morgan fingerprint density at radius 2 is 2.23 bits per heavy atom. The molecule has 0 aliphatic heterocycles. The first-order chi connectivity index (χ1) is 6.15. The molecule has 0 aliphatic rings. The second-order valence-electron chi connectivity index (χ2n) is 3.37. The summed E-state index contributed by atoms with van der Waals surface area (Å²) < 4.78 is 1.51. The van der Waals surface area contributed by atoms with Crippen molar-refractivity contribution in [2.24, 2.45) is 0 Å². The quantitative estimate of drug-likeness (QED) is 0.754. The van der Waals surface area contributed by atoms with Crippen LogP contribution in [0.5, 0.6) is 0 Å². The van der Waals surface area contributed by atoms with E-state index in [1.165, 1.54) is 4.57 Å². The molecule has 0 spiro atoms. The molecule has 13 heavy (non-hydrogen) atoms. The Bertz CT molecular complexity index is 328. The molecule has 0 bridgehead atoms. The maximum atomic E-state index is 11.4. The minimum absolute atomic E-state index is 0.000925. The number of hydrogen-bond donors (Lipinski definition) is 1. The third kappa shape index (κ3) is 2.42. The average molecular weight is 181 g/mol. The van der Waals surface area contributed by atoms with Gasteiger partial charge in [-0.1, -0.05) is 13.8 Å². The molecule has 0 amide bonds. The van der Waals surface area contributed by atoms with Gasteiger partial charge in [0.05, 0.1) is 6.61 Å². The minimum atomic E-state index is -0.0414. The Morgan fingerprint density at radius 3 is 2.69 bits per heavy atom. The van der Waals surface area contributed by atoms with Crippen LogP contribution in [-0.4, -0.2) is 16.3 Å². The summed E-state index contributed by atoms with van der Waals surface area (Å²) in [5.41, 5.74) is 0.999. The van der Waals surface area contributed by atoms with E-state index in [0.717, 1.165) is 5.56 Å². The Labute approximate surface area is 77.6 Å². The second-order valence-corrected chi connectivity index (χ2v) is 3.37. The van der Waals surface area contributed by atoms with Gasteiger partial charge >= 0.3 is 0 Å². The highest BCUT2D eigenvalue weighted by Gasteiger charge is 2.01. The van der Waals surface area contributed by atoms with Gasteiger partial charge in [-0.3, -0.25) is 4.79 Å². The summed E-state index contributed by atoms with van der Waals surface area (Å²) in [7, 11) is 0. The molecule has 0 fully saturated rings. The maximum absolute atomic E-state index is 11.4. The van der Waals surface area contributed by atoms with Crippen LogP contribution in [0, 0.1) is 0 Å². The van der Waals surface area contributed by atoms with Crippen LogP contribution in [0.2, 0.25) is 0 Å². The molecule has 72 valence electrons. The first kappa shape index (κ1) is 9.99. The standard InChI is InChI=1S/C10H15NO2/c1-8(2)9-3-4-11(5-6-12)10(13)7-9/h3-4,7-8,12H,5-6H2,1-2H3. The van der Waals surface area contributed by atoms with Crippen LogP contribution < -0.4 is 5.56 Å². The summed E-state index contributed by atoms with van der Waals surface area (Å²) in [6.45, 7) is 4.47. The molecule has 1 heterocycles. The van der Waals surface area contributed by atoms with Crippen LogP contribution in [0.1, 0.15) is 25.3 Å². The lowest BCUT2D eigenvalue weighted by Crippen LogP contribution is -2.20. The van der Waals surface area contributed by atoms with E-state index in [1.54, 1.807) is 12.3 Å². The lowest BCUT2D eigenvalue weighted by Gasteiger charge is -2.07. The van der Waals surface area contributed by atoms with Gasteiger partial charge in [0, 0.05) is 18.8 Å². The van der Waals surface area contributed by atoms with Crippen LogP contribution in [0.4, 0.5) is 0 Å². The molecule has 0 aromatic carbocycles. The molecule has 1 rings (SSSR count). The number of hydrogen-bond acceptors (Lipinski definition) is 2. The minimum Gasteiger partial charge on any atom is -0.395 e. The normalized spacial score (nSPS) is 10.8. The number of aliphatic hydroxyl groups is 1. The van der Waals surface area contributed by atoms with Crippen molar-refractivity contribution >= 4 is 0 Å². The third-order valence-corrected chi connectivity index (χ3v) is 2.03. The molecule has 0 radical (unpaired) electrons. The van der Waals surface area contributed by atoms with Crippen LogP contribution in [-0.2, 0) is 6.54 Å². The molecule has 1 N–H and O–H groups in total. The van der Waals surface area contributed by atoms with E-state index in [0.29, 0.717) is 12.5 Å². The zero-order chi connectivity index (χ0) is 9.84. The second kappa shape index (κ2) is 4.23. The zero-order valence-corrected chi connectivity index (χ0v) is 8.03. The van der Waals surface area contributed by atoms with E-state index < -0.39 is 0 Å². The summed E-state index contributed by atoms with van der Waals surface area (Å²) in [6, 6.07) is 3.54. The maximum Gasteiger partial charge on any atom is 0.250 e. The number of nitrogens with zero attached hydrogens (tertiary/aromatic N) is 1. The Kier molecular flexibility index (Phi) is 3.25. The molecule has 3 nitrogen and oxygen atoms in total. The smallest absolute Gasteiger partial charge is 0.250 e. The number of rotatable bonds is 3. The van der Waals surface area contributed by atoms with Gasteiger partial charge in [-0.2, -0.15) is 0 Å². The van der Waals surface area contributed by atoms with Crippen molar-refractivity contribution < 1.29 is 5.11 Å². The molecule has 0 saturated heterocycles. The van der Waals surface area contributed by atoms with E-state index in [1.807, 2.05) is 19.9 Å². The summed E-state index contributed by atoms with van der Waals surface area (Å²) in [5, 5.41) is 8.66. The van der Waals surface area contributed by atoms with E-state index in [9.17, 15) is 4.79 Å². The molecule has 1 aromatic rings. The van der Waals surface area contributed by atoms with Crippen molar-refractivity contribution in [3.63, 3.8) is 0 Å². The summed E-state index contributed by atoms with van der Waals surface area (Å²) in [5.74, 6) is 0.372. The lowest BCUT2D eigenvalue weighted by atomic mass is 10.1. The molecular weight excluding hydrogens is 166 g/mol. The molecule has 0 atom stereocenters. The van der Waals surface area contributed by atoms with Gasteiger partial charge < -0.3 is 9.67 Å². The molecule has 3 heteroatoms. The van der Waals surface area contributed by atoms with Crippen molar-refractivity contribution in [1.29, 1.82) is 0 Å². The highest BCUT2D eigenvalue weighted by atomic mass is 16.3. The van der Waals surface area contributed by atoms with Crippen LogP contribution in [0.3, 0.4) is 0 Å². The SMILES string of the molecule is CC(C)c1ccn(CCO)c(=O)c1. The first-order valence-corrected chi connectivity index (χ1v) is 4.46. The van der Waals surface area contributed by atoms with Gasteiger partial charge in [0.1, 0.15) is 0 Å². The van der Waals surface area contributed by atoms with Crippen molar-refractivity contribution in [1.82, 2.24) is 4.57 Å². The number of pyridine rings is 1. The van der Waals surface area contributed by atoms with Gasteiger partial charge in [0.15, 0.2) is 0 Å². The summed E-state index contributed by atoms with van der Waals surface area (Å²) in [6.07, 6.45) is 1.73. The average Bonchev–Trinajstić information content (AvgIpc) is 2.08. The van der Waals surface area contributed by atoms with Gasteiger partial charge in [-0.05, 0) is 17.5 Å². The van der Waals surface area contributed by atoms with Crippen LogP contribution in [0.25, 0.3) is 0 Å². The lowest BCUT2D eigenvalue weighted by molar-refractivity contribution is 0.274. The van der Waals surface area contributed by atoms with Crippen molar-refractivity contribution in [3.8, 4) is 0 Å². The molecule has 1 aromatic heterocycles. The van der Waals surface area contributed by atoms with E-state index in [2.05, 4.69) is 0 Å². The highest BCUT2D eigenvalue weighted by Crippen LogP contribution is 2.10. The van der Waals surface area contributed by atoms with Crippen molar-refractivity contribution in [2.75, 3.05) is 6.61 Å². The molecule has 0 saturated carbocycles. The molecule has 0 aliphatic carbocycles. The van der Waals surface area contributed by atoms with Gasteiger partial charge in [0.2, 0.25) is 0 Å². The topological polar surface area (TPSA) is 42.2 Å². The van der Waals surface area contributed by atoms with Crippen molar-refractivity contribution in [3.05, 3.63) is 34.2 Å². The number of aliphatic hydroxyl groups excluding tert-OH is 1. The Hall–Kier alpha value is -1.09. The fraction of sp³-hybridized carbons (Fsp3) is 0.500. The third-order valence-electron chi connectivity index (χ3n) is 2.03. The van der Waals surface area contributed by atoms with Gasteiger partial charge in [0.25, 0.3) is 5.56 Å². The zero-order valence-electron chi connectivity index (χ0n) is 8.03. The van der Waals surface area contributed by atoms with Gasteiger partial charge in [-0.15, -0.1) is 0 Å². The summed E-state index contributed by atoms with van der Waals surface area (Å²) in [4.78, 5) is 11.4. The molecule has 0 unspecified atom stereocenters. The van der Waals surface area contributed by atoms with Crippen molar-refractivity contribution in [2.45, 2.75) is 26.3 Å². The first-order valence-electron chi connectivity index (χ1n) is 4.46. The fourth-order valence-corrected chi connectivity index (χ4v) is 1.17. The highest BCUT2D eigenvalue weighted by molar-refractivity contribution is 5.14. The fourth-order valence-electron chi connectivity index (χ4n) is 1.17. The Morgan fingerprint density at radius 1 is 1.54 bits per heavy atom. The monoisotopic (exact) mass is 181 g/mol. The predicted octanol–water partition coefficient (Wildman–Crippen LogP) is 0.964. The van der Waals surface area contributed by atoms with E-state index >= 15 is 0 Å². The van der Waals surface area contributed by atoms with E-state index in [4.69, 9.17) is 5.11 Å². The van der Waals surface area contributed by atoms with Gasteiger partial charge in [-0.25, -0.2) is 0 Å². The van der Waals surface area contributed by atoms with E-state index in [-0.39, 0.29) is 12.2 Å². The Balaban J connectivity index is 2.99. The largest absolute Gasteiger partial charge is 0.395 e. The number of aromatic nitrogens is 1. The summed E-state index contributed by atoms with van der Waals surface area (Å²) >= 11 is 0. The van der Waals surface area contributed by atoms with Crippen LogP contribution >= 0.6 is 0 Å². The van der Waals surface area contributed by atoms with Crippen LogP contribution in [0.15, 0.2) is 23.1 Å². The predicted molar refractivity (Wildman–Crippen MR) is 51.9 cm³/mol. The molecular formula is C10H15NO2.